The van der Waals surface area contributed by atoms with Gasteiger partial charge in [0.2, 0.25) is 0 Å². The van der Waals surface area contributed by atoms with Gasteiger partial charge in [0.25, 0.3) is 0 Å². The van der Waals surface area contributed by atoms with E-state index in [0.29, 0.717) is 12.5 Å². The van der Waals surface area contributed by atoms with Crippen molar-refractivity contribution in [2.45, 2.75) is 88.9 Å². The summed E-state index contributed by atoms with van der Waals surface area (Å²) in [5.41, 5.74) is 0.0313. The molecule has 31 heavy (non-hydrogen) atoms. The van der Waals surface area contributed by atoms with Crippen LogP contribution in [0.5, 0.6) is 0 Å². The van der Waals surface area contributed by atoms with E-state index in [9.17, 15) is 21.6 Å². The molecule has 9 heteroatoms. The molecule has 4 rings (SSSR count). The molecule has 3 fully saturated rings. The fraction of sp³-hybridized carbons (Fsp3) is 0.864. The van der Waals surface area contributed by atoms with Gasteiger partial charge in [-0.1, -0.05) is 6.92 Å². The zero-order chi connectivity index (χ0) is 22.4. The molecule has 0 amide bonds. The van der Waals surface area contributed by atoms with Crippen LogP contribution in [0.2, 0.25) is 0 Å². The summed E-state index contributed by atoms with van der Waals surface area (Å²) in [5.74, 6) is 0.374. The fourth-order valence-electron chi connectivity index (χ4n) is 5.51. The van der Waals surface area contributed by atoms with Gasteiger partial charge in [-0.2, -0.15) is 18.3 Å². The molecule has 176 valence electrons. The first-order valence-corrected chi connectivity index (χ1v) is 13.6. The number of piperidine rings is 1. The van der Waals surface area contributed by atoms with Crippen molar-refractivity contribution in [3.63, 3.8) is 0 Å². The van der Waals surface area contributed by atoms with E-state index in [0.717, 1.165) is 70.2 Å². The van der Waals surface area contributed by atoms with Gasteiger partial charge in [0, 0.05) is 30.5 Å². The average Bonchev–Trinajstić information content (AvgIpc) is 3.43. The van der Waals surface area contributed by atoms with Crippen LogP contribution in [-0.4, -0.2) is 54.2 Å². The van der Waals surface area contributed by atoms with Gasteiger partial charge in [-0.25, -0.2) is 8.42 Å². The summed E-state index contributed by atoms with van der Waals surface area (Å²) in [6.45, 7) is 4.14. The molecule has 1 aromatic rings. The van der Waals surface area contributed by atoms with Crippen LogP contribution in [0.25, 0.3) is 0 Å². The van der Waals surface area contributed by atoms with Crippen LogP contribution in [-0.2, 0) is 16.0 Å². The van der Waals surface area contributed by atoms with E-state index in [-0.39, 0.29) is 23.1 Å². The highest BCUT2D eigenvalue weighted by Gasteiger charge is 2.40. The molecule has 0 radical (unpaired) electrons. The Morgan fingerprint density at radius 3 is 2.35 bits per heavy atom. The topological polar surface area (TPSA) is 55.2 Å². The van der Waals surface area contributed by atoms with Crippen molar-refractivity contribution < 1.29 is 21.6 Å². The third kappa shape index (κ3) is 5.64. The summed E-state index contributed by atoms with van der Waals surface area (Å²) in [6.07, 6.45) is 5.28. The maximum Gasteiger partial charge on any atom is 0.435 e. The van der Waals surface area contributed by atoms with E-state index in [1.807, 2.05) is 0 Å². The molecule has 2 saturated carbocycles. The van der Waals surface area contributed by atoms with Crippen LogP contribution in [0.3, 0.4) is 0 Å². The van der Waals surface area contributed by atoms with Gasteiger partial charge in [0.05, 0.1) is 11.8 Å². The van der Waals surface area contributed by atoms with Gasteiger partial charge in [0.15, 0.2) is 5.69 Å². The molecule has 0 bridgehead atoms. The minimum absolute atomic E-state index is 0.0182. The molecule has 1 aliphatic heterocycles. The maximum absolute atomic E-state index is 13.2. The van der Waals surface area contributed by atoms with Crippen LogP contribution in [0.4, 0.5) is 13.2 Å². The predicted octanol–water partition coefficient (Wildman–Crippen LogP) is 4.80. The Labute approximate surface area is 183 Å². The highest BCUT2D eigenvalue weighted by atomic mass is 32.2. The lowest BCUT2D eigenvalue weighted by molar-refractivity contribution is -0.141. The Hall–Kier alpha value is -1.09. The zero-order valence-corrected chi connectivity index (χ0v) is 19.3. The van der Waals surface area contributed by atoms with Crippen molar-refractivity contribution in [2.24, 2.45) is 5.41 Å². The van der Waals surface area contributed by atoms with Crippen molar-refractivity contribution in [1.29, 1.82) is 0 Å². The first kappa shape index (κ1) is 23.1. The summed E-state index contributed by atoms with van der Waals surface area (Å²) in [5, 5.41) is 3.92. The number of halogens is 3. The Balaban J connectivity index is 1.38. The van der Waals surface area contributed by atoms with Crippen molar-refractivity contribution in [2.75, 3.05) is 25.1 Å². The van der Waals surface area contributed by atoms with Crippen LogP contribution in [0.15, 0.2) is 6.07 Å². The molecule has 0 spiro atoms. The van der Waals surface area contributed by atoms with Gasteiger partial charge < -0.3 is 0 Å². The normalized spacial score (nSPS) is 31.1. The van der Waals surface area contributed by atoms with Gasteiger partial charge in [0.1, 0.15) is 9.84 Å². The number of hydrogen-bond acceptors (Lipinski definition) is 4. The summed E-state index contributed by atoms with van der Waals surface area (Å²) < 4.78 is 64.6. The van der Waals surface area contributed by atoms with Gasteiger partial charge in [-0.3, -0.25) is 9.58 Å². The van der Waals surface area contributed by atoms with E-state index in [1.54, 1.807) is 4.68 Å². The van der Waals surface area contributed by atoms with Crippen molar-refractivity contribution in [1.82, 2.24) is 14.7 Å². The van der Waals surface area contributed by atoms with Crippen molar-refractivity contribution in [3.8, 4) is 0 Å². The summed E-state index contributed by atoms with van der Waals surface area (Å²) >= 11 is 0. The summed E-state index contributed by atoms with van der Waals surface area (Å²) in [7, 11) is -2.96. The van der Waals surface area contributed by atoms with E-state index in [2.05, 4.69) is 16.9 Å². The van der Waals surface area contributed by atoms with Crippen molar-refractivity contribution in [3.05, 3.63) is 17.5 Å². The number of aromatic nitrogens is 2. The molecule has 3 aliphatic rings. The molecule has 1 aromatic heterocycles. The lowest BCUT2D eigenvalue weighted by Gasteiger charge is -2.46. The largest absolute Gasteiger partial charge is 0.435 e. The Kier molecular flexibility index (Phi) is 6.22. The number of alkyl halides is 3. The van der Waals surface area contributed by atoms with Crippen LogP contribution in [0.1, 0.15) is 88.1 Å². The quantitative estimate of drug-likeness (QED) is 0.611. The van der Waals surface area contributed by atoms with E-state index in [1.165, 1.54) is 12.3 Å². The number of sulfone groups is 1. The SMILES string of the molecule is C[C@]1(CCS(C)(=O)=O)CCCN(C2CCC(c3cc(C(F)(F)F)nn3C3CC3)CC2)C1. The molecule has 1 saturated heterocycles. The summed E-state index contributed by atoms with van der Waals surface area (Å²) in [4.78, 5) is 2.52. The van der Waals surface area contributed by atoms with Crippen LogP contribution in [0, 0.1) is 5.41 Å². The second-order valence-corrected chi connectivity index (χ2v) is 12.7. The van der Waals surface area contributed by atoms with E-state index < -0.39 is 21.7 Å². The average molecular weight is 462 g/mol. The number of likely N-dealkylation sites (tertiary alicyclic amines) is 1. The van der Waals surface area contributed by atoms with E-state index >= 15 is 0 Å². The Morgan fingerprint density at radius 1 is 1.13 bits per heavy atom. The van der Waals surface area contributed by atoms with Crippen molar-refractivity contribution >= 4 is 9.84 Å². The molecule has 0 unspecified atom stereocenters. The molecule has 5 nitrogen and oxygen atoms in total. The van der Waals surface area contributed by atoms with Gasteiger partial charge in [-0.05, 0) is 75.8 Å². The molecule has 1 atom stereocenters. The van der Waals surface area contributed by atoms with E-state index in [4.69, 9.17) is 0 Å². The Bertz CT molecular complexity index is 886. The second kappa shape index (κ2) is 8.36. The number of hydrogen-bond donors (Lipinski definition) is 0. The molecule has 2 heterocycles. The van der Waals surface area contributed by atoms with Gasteiger partial charge >= 0.3 is 6.18 Å². The maximum atomic E-state index is 13.2. The first-order valence-electron chi connectivity index (χ1n) is 11.5. The zero-order valence-electron chi connectivity index (χ0n) is 18.5. The summed E-state index contributed by atoms with van der Waals surface area (Å²) in [6, 6.07) is 1.86. The third-order valence-electron chi connectivity index (χ3n) is 7.47. The number of nitrogens with zero attached hydrogens (tertiary/aromatic N) is 3. The molecular formula is C22H34F3N3O2S. The molecule has 0 aromatic carbocycles. The predicted molar refractivity (Wildman–Crippen MR) is 114 cm³/mol. The standard InChI is InChI=1S/C22H34F3N3O2S/c1-21(11-13-31(2,29)30)10-3-12-27(15-21)17-6-4-16(5-7-17)19-14-20(22(23,24)25)26-28(19)18-8-9-18/h14,16-18H,3-13,15H2,1-2H3/t16?,17?,21-/m1/s1. The smallest absolute Gasteiger partial charge is 0.300 e. The number of rotatable bonds is 6. The lowest BCUT2D eigenvalue weighted by Crippen LogP contribution is -2.48. The minimum Gasteiger partial charge on any atom is -0.300 e. The molecular weight excluding hydrogens is 427 g/mol. The lowest BCUT2D eigenvalue weighted by atomic mass is 9.77. The van der Waals surface area contributed by atoms with Crippen LogP contribution < -0.4 is 0 Å². The second-order valence-electron chi connectivity index (χ2n) is 10.4. The Morgan fingerprint density at radius 2 is 1.77 bits per heavy atom. The molecule has 2 aliphatic carbocycles. The van der Waals surface area contributed by atoms with Gasteiger partial charge in [-0.15, -0.1) is 0 Å². The fourth-order valence-corrected chi connectivity index (χ4v) is 6.37. The monoisotopic (exact) mass is 461 g/mol. The minimum atomic E-state index is -4.39. The first-order chi connectivity index (χ1) is 14.4. The van der Waals surface area contributed by atoms with Crippen LogP contribution >= 0.6 is 0 Å². The molecule has 0 N–H and O–H groups in total. The third-order valence-corrected chi connectivity index (χ3v) is 8.41. The highest BCUT2D eigenvalue weighted by molar-refractivity contribution is 7.90. The highest BCUT2D eigenvalue weighted by Crippen LogP contribution is 2.44.